The Kier molecular flexibility index (Phi) is 2.89. The van der Waals surface area contributed by atoms with Crippen molar-refractivity contribution in [2.75, 3.05) is 5.32 Å². The van der Waals surface area contributed by atoms with E-state index in [-0.39, 0.29) is 17.4 Å². The van der Waals surface area contributed by atoms with Gasteiger partial charge in [0.2, 0.25) is 5.91 Å². The predicted octanol–water partition coefficient (Wildman–Crippen LogP) is 3.11. The fourth-order valence-electron chi connectivity index (χ4n) is 2.71. The van der Waals surface area contributed by atoms with Gasteiger partial charge >= 0.3 is 0 Å². The summed E-state index contributed by atoms with van der Waals surface area (Å²) in [6.07, 6.45) is 2.37. The highest BCUT2D eigenvalue weighted by atomic mass is 16.1. The van der Waals surface area contributed by atoms with E-state index in [0.29, 0.717) is 6.42 Å². The molecule has 1 atom stereocenters. The molecular weight excluding hydrogens is 250 g/mol. The van der Waals surface area contributed by atoms with Crippen molar-refractivity contribution in [1.82, 2.24) is 9.78 Å². The predicted molar refractivity (Wildman–Crippen MR) is 78.8 cm³/mol. The van der Waals surface area contributed by atoms with Crippen LogP contribution in [0.3, 0.4) is 0 Å². The maximum atomic E-state index is 12.0. The highest BCUT2D eigenvalue weighted by Crippen LogP contribution is 2.38. The molecule has 3 rings (SSSR count). The standard InChI is InChI=1S/C16H19N3O/c1-16(2,3)19-15-13(10-17-19)12(9-14(20)18-15)11-7-5-4-6-8-11/h4-8,10,12H,9H2,1-3H3,(H,18,20)/t12-/m0/s1. The second-order valence-electron chi connectivity index (χ2n) is 6.25. The van der Waals surface area contributed by atoms with Gasteiger partial charge in [0.1, 0.15) is 5.82 Å². The summed E-state index contributed by atoms with van der Waals surface area (Å²) in [7, 11) is 0. The smallest absolute Gasteiger partial charge is 0.226 e. The van der Waals surface area contributed by atoms with E-state index in [1.165, 1.54) is 0 Å². The average Bonchev–Trinajstić information content (AvgIpc) is 2.82. The van der Waals surface area contributed by atoms with Crippen molar-refractivity contribution >= 4 is 11.7 Å². The summed E-state index contributed by atoms with van der Waals surface area (Å²) in [5, 5.41) is 7.46. The molecule has 2 aromatic rings. The van der Waals surface area contributed by atoms with Crippen LogP contribution in [0.4, 0.5) is 5.82 Å². The van der Waals surface area contributed by atoms with Crippen LogP contribution in [0.15, 0.2) is 36.5 Å². The fraction of sp³-hybridized carbons (Fsp3) is 0.375. The van der Waals surface area contributed by atoms with Crippen LogP contribution in [0.1, 0.15) is 44.2 Å². The van der Waals surface area contributed by atoms with Crippen LogP contribution >= 0.6 is 0 Å². The first-order chi connectivity index (χ1) is 9.47. The first kappa shape index (κ1) is 12.9. The van der Waals surface area contributed by atoms with Gasteiger partial charge in [-0.3, -0.25) is 4.79 Å². The SMILES string of the molecule is CC(C)(C)n1ncc2c1NC(=O)C[C@H]2c1ccccc1. The molecule has 1 aromatic carbocycles. The van der Waals surface area contributed by atoms with Gasteiger partial charge in [0.05, 0.1) is 11.7 Å². The van der Waals surface area contributed by atoms with Gasteiger partial charge in [-0.2, -0.15) is 5.10 Å². The van der Waals surface area contributed by atoms with Gasteiger partial charge in [-0.05, 0) is 26.3 Å². The van der Waals surface area contributed by atoms with E-state index >= 15 is 0 Å². The number of fused-ring (bicyclic) bond motifs is 1. The van der Waals surface area contributed by atoms with Crippen LogP contribution in [0.5, 0.6) is 0 Å². The quantitative estimate of drug-likeness (QED) is 0.864. The molecule has 20 heavy (non-hydrogen) atoms. The lowest BCUT2D eigenvalue weighted by atomic mass is 9.87. The molecule has 0 radical (unpaired) electrons. The van der Waals surface area contributed by atoms with Gasteiger partial charge in [0, 0.05) is 17.9 Å². The number of nitrogens with zero attached hydrogens (tertiary/aromatic N) is 2. The van der Waals surface area contributed by atoms with Gasteiger partial charge in [-0.1, -0.05) is 30.3 Å². The van der Waals surface area contributed by atoms with Crippen LogP contribution in [-0.4, -0.2) is 15.7 Å². The molecule has 0 saturated carbocycles. The van der Waals surface area contributed by atoms with Crippen molar-refractivity contribution in [1.29, 1.82) is 0 Å². The molecule has 4 heteroatoms. The molecule has 2 heterocycles. The first-order valence-electron chi connectivity index (χ1n) is 6.90. The normalized spacial score (nSPS) is 18.6. The lowest BCUT2D eigenvalue weighted by Gasteiger charge is -2.28. The third-order valence-electron chi connectivity index (χ3n) is 3.66. The summed E-state index contributed by atoms with van der Waals surface area (Å²) in [5.74, 6) is 0.982. The number of hydrogen-bond donors (Lipinski definition) is 1. The maximum Gasteiger partial charge on any atom is 0.226 e. The zero-order chi connectivity index (χ0) is 14.3. The zero-order valence-electron chi connectivity index (χ0n) is 12.1. The van der Waals surface area contributed by atoms with Crippen molar-refractivity contribution in [2.24, 2.45) is 0 Å². The monoisotopic (exact) mass is 269 g/mol. The van der Waals surface area contributed by atoms with Gasteiger partial charge in [-0.15, -0.1) is 0 Å². The molecule has 0 spiro atoms. The van der Waals surface area contributed by atoms with E-state index < -0.39 is 0 Å². The van der Waals surface area contributed by atoms with Crippen molar-refractivity contribution in [3.8, 4) is 0 Å². The number of amides is 1. The summed E-state index contributed by atoms with van der Waals surface area (Å²) < 4.78 is 1.90. The van der Waals surface area contributed by atoms with Gasteiger partial charge in [0.25, 0.3) is 0 Å². The van der Waals surface area contributed by atoms with Gasteiger partial charge in [0.15, 0.2) is 0 Å². The second kappa shape index (κ2) is 4.47. The minimum Gasteiger partial charge on any atom is -0.311 e. The molecule has 1 N–H and O–H groups in total. The molecule has 0 fully saturated rings. The van der Waals surface area contributed by atoms with E-state index in [2.05, 4.69) is 43.3 Å². The lowest BCUT2D eigenvalue weighted by molar-refractivity contribution is -0.116. The van der Waals surface area contributed by atoms with E-state index in [4.69, 9.17) is 0 Å². The number of carbonyl (C=O) groups is 1. The number of benzene rings is 1. The van der Waals surface area contributed by atoms with E-state index in [1.807, 2.05) is 29.1 Å². The Morgan fingerprint density at radius 1 is 1.25 bits per heavy atom. The number of aromatic nitrogens is 2. The van der Waals surface area contributed by atoms with Crippen LogP contribution in [0, 0.1) is 0 Å². The Hall–Kier alpha value is -2.10. The molecule has 104 valence electrons. The van der Waals surface area contributed by atoms with Crippen LogP contribution in [0.2, 0.25) is 0 Å². The van der Waals surface area contributed by atoms with Crippen molar-refractivity contribution in [3.63, 3.8) is 0 Å². The first-order valence-corrected chi connectivity index (χ1v) is 6.90. The largest absolute Gasteiger partial charge is 0.311 e. The third-order valence-corrected chi connectivity index (χ3v) is 3.66. The van der Waals surface area contributed by atoms with Crippen molar-refractivity contribution < 1.29 is 4.79 Å². The number of nitrogens with one attached hydrogen (secondary N) is 1. The third kappa shape index (κ3) is 2.11. The summed E-state index contributed by atoms with van der Waals surface area (Å²) in [4.78, 5) is 12.0. The Bertz CT molecular complexity index is 637. The Morgan fingerprint density at radius 3 is 2.60 bits per heavy atom. The van der Waals surface area contributed by atoms with Crippen LogP contribution in [-0.2, 0) is 10.3 Å². The molecule has 1 aliphatic rings. The Balaban J connectivity index is 2.11. The van der Waals surface area contributed by atoms with Crippen molar-refractivity contribution in [3.05, 3.63) is 47.7 Å². The summed E-state index contributed by atoms with van der Waals surface area (Å²) in [5.41, 5.74) is 2.11. The highest BCUT2D eigenvalue weighted by molar-refractivity contribution is 5.94. The minimum atomic E-state index is -0.153. The van der Waals surface area contributed by atoms with E-state index in [9.17, 15) is 4.79 Å². The van der Waals surface area contributed by atoms with Crippen molar-refractivity contribution in [2.45, 2.75) is 38.6 Å². The molecular formula is C16H19N3O. The Morgan fingerprint density at radius 2 is 1.95 bits per heavy atom. The number of anilines is 1. The molecule has 0 saturated heterocycles. The fourth-order valence-corrected chi connectivity index (χ4v) is 2.71. The number of rotatable bonds is 1. The number of hydrogen-bond acceptors (Lipinski definition) is 2. The highest BCUT2D eigenvalue weighted by Gasteiger charge is 2.32. The molecule has 4 nitrogen and oxygen atoms in total. The summed E-state index contributed by atoms with van der Waals surface area (Å²) >= 11 is 0. The minimum absolute atomic E-state index is 0.0531. The molecule has 1 aliphatic heterocycles. The number of carbonyl (C=O) groups excluding carboxylic acids is 1. The molecule has 1 amide bonds. The van der Waals surface area contributed by atoms with Gasteiger partial charge in [-0.25, -0.2) is 4.68 Å². The summed E-state index contributed by atoms with van der Waals surface area (Å²) in [6, 6.07) is 10.2. The van der Waals surface area contributed by atoms with Crippen LogP contribution < -0.4 is 5.32 Å². The topological polar surface area (TPSA) is 46.9 Å². The lowest BCUT2D eigenvalue weighted by Crippen LogP contribution is -2.30. The molecule has 0 unspecified atom stereocenters. The van der Waals surface area contributed by atoms with Crippen LogP contribution in [0.25, 0.3) is 0 Å². The molecule has 0 bridgehead atoms. The van der Waals surface area contributed by atoms with E-state index in [1.54, 1.807) is 0 Å². The second-order valence-corrected chi connectivity index (χ2v) is 6.25. The Labute approximate surface area is 118 Å². The summed E-state index contributed by atoms with van der Waals surface area (Å²) in [6.45, 7) is 6.25. The van der Waals surface area contributed by atoms with E-state index in [0.717, 1.165) is 16.9 Å². The zero-order valence-corrected chi connectivity index (χ0v) is 12.1. The maximum absolute atomic E-state index is 12.0. The molecule has 0 aliphatic carbocycles. The molecule has 1 aromatic heterocycles. The average molecular weight is 269 g/mol. The van der Waals surface area contributed by atoms with Gasteiger partial charge < -0.3 is 5.32 Å².